The number of sulfonamides is 1. The summed E-state index contributed by atoms with van der Waals surface area (Å²) in [6.07, 6.45) is 2.07. The Labute approximate surface area is 144 Å². The largest absolute Gasteiger partial charge is 0.396 e. The zero-order chi connectivity index (χ0) is 18.0. The highest BCUT2D eigenvalue weighted by molar-refractivity contribution is 7.92. The highest BCUT2D eigenvalue weighted by Gasteiger charge is 2.23. The zero-order valence-electron chi connectivity index (χ0n) is 13.2. The van der Waals surface area contributed by atoms with Crippen LogP contribution >= 0.6 is 0 Å². The Kier molecular flexibility index (Phi) is 4.87. The number of halogens is 2. The Morgan fingerprint density at radius 2 is 2.04 bits per heavy atom. The van der Waals surface area contributed by atoms with Crippen LogP contribution < -0.4 is 9.62 Å². The zero-order valence-corrected chi connectivity index (χ0v) is 14.0. The molecule has 25 heavy (non-hydrogen) atoms. The van der Waals surface area contributed by atoms with Gasteiger partial charge in [0.2, 0.25) is 0 Å². The summed E-state index contributed by atoms with van der Waals surface area (Å²) in [5.41, 5.74) is -0.0756. The Balaban J connectivity index is 1.75. The van der Waals surface area contributed by atoms with E-state index in [0.717, 1.165) is 31.2 Å². The molecule has 1 fully saturated rings. The molecule has 0 aliphatic carbocycles. The summed E-state index contributed by atoms with van der Waals surface area (Å²) in [5, 5.41) is 9.17. The fourth-order valence-electron chi connectivity index (χ4n) is 2.68. The van der Waals surface area contributed by atoms with Crippen molar-refractivity contribution in [3.8, 4) is 0 Å². The first kappa shape index (κ1) is 17.6. The molecule has 134 valence electrons. The van der Waals surface area contributed by atoms with Gasteiger partial charge >= 0.3 is 0 Å². The Morgan fingerprint density at radius 3 is 2.64 bits per heavy atom. The first-order valence-electron chi connectivity index (χ1n) is 7.69. The Hall–Kier alpha value is -2.26. The second-order valence-corrected chi connectivity index (χ2v) is 7.55. The lowest BCUT2D eigenvalue weighted by molar-refractivity contribution is 0.238. The third kappa shape index (κ3) is 3.88. The van der Waals surface area contributed by atoms with Crippen LogP contribution in [0.15, 0.2) is 41.4 Å². The van der Waals surface area contributed by atoms with E-state index < -0.39 is 21.7 Å². The molecule has 1 unspecified atom stereocenters. The number of hydrogen-bond donors (Lipinski definition) is 2. The summed E-state index contributed by atoms with van der Waals surface area (Å²) in [7, 11) is -3.96. The van der Waals surface area contributed by atoms with Crippen molar-refractivity contribution in [3.05, 3.63) is 48.2 Å². The van der Waals surface area contributed by atoms with Crippen molar-refractivity contribution in [1.82, 2.24) is 4.98 Å². The van der Waals surface area contributed by atoms with E-state index in [1.54, 1.807) is 6.07 Å². The third-order valence-corrected chi connectivity index (χ3v) is 5.44. The van der Waals surface area contributed by atoms with E-state index in [4.69, 9.17) is 0 Å². The van der Waals surface area contributed by atoms with Crippen LogP contribution in [-0.2, 0) is 10.0 Å². The van der Waals surface area contributed by atoms with Crippen LogP contribution in [0.4, 0.5) is 20.3 Å². The lowest BCUT2D eigenvalue weighted by Crippen LogP contribution is -2.22. The minimum atomic E-state index is -3.96. The molecular weight excluding hydrogens is 352 g/mol. The van der Waals surface area contributed by atoms with Gasteiger partial charge in [-0.05, 0) is 30.7 Å². The number of aliphatic hydroxyl groups excluding tert-OH is 1. The first-order valence-corrected chi connectivity index (χ1v) is 9.17. The molecule has 0 amide bonds. The number of pyridine rings is 1. The highest BCUT2D eigenvalue weighted by atomic mass is 32.2. The average molecular weight is 369 g/mol. The van der Waals surface area contributed by atoms with Crippen LogP contribution in [0.1, 0.15) is 6.42 Å². The fraction of sp³-hybridized carbons (Fsp3) is 0.312. The second kappa shape index (κ2) is 6.93. The van der Waals surface area contributed by atoms with E-state index in [0.29, 0.717) is 12.4 Å². The number of aliphatic hydroxyl groups is 1. The van der Waals surface area contributed by atoms with Gasteiger partial charge in [-0.2, -0.15) is 0 Å². The number of nitrogens with one attached hydrogen (secondary N) is 1. The molecule has 6 nitrogen and oxygen atoms in total. The molecule has 1 aliphatic heterocycles. The van der Waals surface area contributed by atoms with Gasteiger partial charge < -0.3 is 10.0 Å². The van der Waals surface area contributed by atoms with E-state index in [9.17, 15) is 22.3 Å². The highest BCUT2D eigenvalue weighted by Crippen LogP contribution is 2.23. The van der Waals surface area contributed by atoms with E-state index in [2.05, 4.69) is 9.71 Å². The standard InChI is InChI=1S/C16H17F2N3O3S/c17-14-3-1-12(7-15(14)18)20-25(23,24)13-2-4-16(19-8-13)21-6-5-11(9-21)10-22/h1-4,7-8,11,20,22H,5-6,9-10H2. The maximum atomic E-state index is 13.2. The second-order valence-electron chi connectivity index (χ2n) is 5.87. The van der Waals surface area contributed by atoms with Crippen molar-refractivity contribution < 1.29 is 22.3 Å². The molecule has 2 N–H and O–H groups in total. The van der Waals surface area contributed by atoms with Crippen LogP contribution in [0, 0.1) is 17.6 Å². The lowest BCUT2D eigenvalue weighted by atomic mass is 10.1. The summed E-state index contributed by atoms with van der Waals surface area (Å²) in [6, 6.07) is 5.74. The van der Waals surface area contributed by atoms with Gasteiger partial charge in [-0.15, -0.1) is 0 Å². The topological polar surface area (TPSA) is 82.5 Å². The summed E-state index contributed by atoms with van der Waals surface area (Å²) in [4.78, 5) is 6.05. The summed E-state index contributed by atoms with van der Waals surface area (Å²) in [5.74, 6) is -1.37. The number of hydrogen-bond acceptors (Lipinski definition) is 5. The Bertz CT molecular complexity index is 859. The van der Waals surface area contributed by atoms with E-state index in [-0.39, 0.29) is 23.1 Å². The van der Waals surface area contributed by atoms with Gasteiger partial charge in [-0.3, -0.25) is 4.72 Å². The monoisotopic (exact) mass is 369 g/mol. The number of nitrogens with zero attached hydrogens (tertiary/aromatic N) is 2. The first-order chi connectivity index (χ1) is 11.9. The third-order valence-electron chi connectivity index (χ3n) is 4.07. The summed E-state index contributed by atoms with van der Waals surface area (Å²) < 4.78 is 52.9. The number of benzene rings is 1. The van der Waals surface area contributed by atoms with Crippen molar-refractivity contribution in [2.24, 2.45) is 5.92 Å². The minimum Gasteiger partial charge on any atom is -0.396 e. The van der Waals surface area contributed by atoms with Crippen molar-refractivity contribution >= 4 is 21.5 Å². The SMILES string of the molecule is O=S(=O)(Nc1ccc(F)c(F)c1)c1ccc(N2CCC(CO)C2)nc1. The number of rotatable bonds is 5. The molecule has 0 spiro atoms. The quantitative estimate of drug-likeness (QED) is 0.842. The van der Waals surface area contributed by atoms with Crippen molar-refractivity contribution in [2.75, 3.05) is 29.3 Å². The molecule has 2 aromatic rings. The van der Waals surface area contributed by atoms with Crippen molar-refractivity contribution in [3.63, 3.8) is 0 Å². The van der Waals surface area contributed by atoms with Gasteiger partial charge in [-0.1, -0.05) is 0 Å². The van der Waals surface area contributed by atoms with Crippen LogP contribution in [-0.4, -0.2) is 38.2 Å². The van der Waals surface area contributed by atoms with Crippen LogP contribution in [0.25, 0.3) is 0 Å². The maximum Gasteiger partial charge on any atom is 0.263 e. The normalized spacial score (nSPS) is 17.7. The molecular formula is C16H17F2N3O3S. The summed E-state index contributed by atoms with van der Waals surface area (Å²) in [6.45, 7) is 1.53. The molecule has 1 aromatic heterocycles. The van der Waals surface area contributed by atoms with Crippen molar-refractivity contribution in [2.45, 2.75) is 11.3 Å². The molecule has 0 bridgehead atoms. The molecule has 1 aliphatic rings. The predicted octanol–water partition coefficient (Wildman–Crippen LogP) is 1.98. The number of aromatic nitrogens is 1. The van der Waals surface area contributed by atoms with Gasteiger partial charge in [0, 0.05) is 37.9 Å². The predicted molar refractivity (Wildman–Crippen MR) is 88.8 cm³/mol. The molecule has 3 rings (SSSR count). The Morgan fingerprint density at radius 1 is 1.24 bits per heavy atom. The van der Waals surface area contributed by atoms with E-state index in [1.165, 1.54) is 12.3 Å². The van der Waals surface area contributed by atoms with Crippen LogP contribution in [0.5, 0.6) is 0 Å². The van der Waals surface area contributed by atoms with Gasteiger partial charge in [0.05, 0.1) is 5.69 Å². The van der Waals surface area contributed by atoms with E-state index >= 15 is 0 Å². The lowest BCUT2D eigenvalue weighted by Gasteiger charge is -2.17. The molecule has 9 heteroatoms. The van der Waals surface area contributed by atoms with E-state index in [1.807, 2.05) is 4.90 Å². The van der Waals surface area contributed by atoms with Gasteiger partial charge in [0.25, 0.3) is 10.0 Å². The molecule has 1 aromatic carbocycles. The van der Waals surface area contributed by atoms with Gasteiger partial charge in [0.15, 0.2) is 11.6 Å². The van der Waals surface area contributed by atoms with Crippen LogP contribution in [0.2, 0.25) is 0 Å². The number of anilines is 2. The molecule has 1 saturated heterocycles. The summed E-state index contributed by atoms with van der Waals surface area (Å²) >= 11 is 0. The molecule has 0 radical (unpaired) electrons. The molecule has 0 saturated carbocycles. The van der Waals surface area contributed by atoms with Gasteiger partial charge in [0.1, 0.15) is 10.7 Å². The fourth-order valence-corrected chi connectivity index (χ4v) is 3.68. The van der Waals surface area contributed by atoms with Crippen molar-refractivity contribution in [1.29, 1.82) is 0 Å². The smallest absolute Gasteiger partial charge is 0.263 e. The maximum absolute atomic E-state index is 13.2. The molecule has 2 heterocycles. The van der Waals surface area contributed by atoms with Crippen LogP contribution in [0.3, 0.4) is 0 Å². The van der Waals surface area contributed by atoms with Gasteiger partial charge in [-0.25, -0.2) is 22.2 Å². The minimum absolute atomic E-state index is 0.0756. The average Bonchev–Trinajstić information content (AvgIpc) is 3.07. The molecule has 1 atom stereocenters.